The summed E-state index contributed by atoms with van der Waals surface area (Å²) in [5.41, 5.74) is 1.84. The Morgan fingerprint density at radius 3 is 2.59 bits per heavy atom. The second kappa shape index (κ2) is 6.61. The first-order valence-electron chi connectivity index (χ1n) is 6.47. The highest BCUT2D eigenvalue weighted by atomic mass is 35.5. The van der Waals surface area contributed by atoms with E-state index in [1.54, 1.807) is 23.6 Å². The Hall–Kier alpha value is -1.68. The number of benzene rings is 2. The lowest BCUT2D eigenvalue weighted by atomic mass is 10.2. The molecule has 0 N–H and O–H groups in total. The maximum atomic E-state index is 14.3. The molecule has 0 spiro atoms. The third-order valence-corrected chi connectivity index (χ3v) is 4.43. The summed E-state index contributed by atoms with van der Waals surface area (Å²) < 4.78 is 14.3. The lowest BCUT2D eigenvalue weighted by Gasteiger charge is -2.00. The van der Waals surface area contributed by atoms with Crippen molar-refractivity contribution in [2.24, 2.45) is 0 Å². The average Bonchev–Trinajstić information content (AvgIpc) is 2.98. The fourth-order valence-electron chi connectivity index (χ4n) is 1.94. The van der Waals surface area contributed by atoms with Crippen LogP contribution in [-0.4, -0.2) is 4.98 Å². The van der Waals surface area contributed by atoms with Gasteiger partial charge in [0, 0.05) is 16.0 Å². The molecule has 0 saturated heterocycles. The van der Waals surface area contributed by atoms with Crippen LogP contribution in [0.3, 0.4) is 0 Å². The van der Waals surface area contributed by atoms with Crippen LogP contribution in [0.4, 0.5) is 4.39 Å². The van der Waals surface area contributed by atoms with E-state index in [1.165, 1.54) is 17.4 Å². The van der Waals surface area contributed by atoms with Crippen LogP contribution in [0.25, 0.3) is 22.5 Å². The first-order chi connectivity index (χ1) is 10.6. The summed E-state index contributed by atoms with van der Waals surface area (Å²) in [6, 6.07) is 14.4. The largest absolute Gasteiger partial charge is 0.234 e. The van der Waals surface area contributed by atoms with Gasteiger partial charge in [-0.3, -0.25) is 0 Å². The average molecular weight is 350 g/mol. The van der Waals surface area contributed by atoms with Crippen molar-refractivity contribution in [2.45, 2.75) is 0 Å². The number of thiazole rings is 1. The fraction of sp³-hybridized carbons (Fsp3) is 0. The second-order valence-electron chi connectivity index (χ2n) is 4.57. The van der Waals surface area contributed by atoms with Crippen molar-refractivity contribution >= 4 is 46.4 Å². The van der Waals surface area contributed by atoms with Gasteiger partial charge in [0.2, 0.25) is 0 Å². The molecular weight excluding hydrogens is 340 g/mol. The number of hydrogen-bond donors (Lipinski definition) is 0. The van der Waals surface area contributed by atoms with Crippen molar-refractivity contribution in [3.63, 3.8) is 0 Å². The molecule has 0 aliphatic rings. The van der Waals surface area contributed by atoms with Gasteiger partial charge in [0.15, 0.2) is 0 Å². The highest BCUT2D eigenvalue weighted by molar-refractivity contribution is 7.13. The molecule has 0 aliphatic heterocycles. The minimum absolute atomic E-state index is 0.301. The zero-order valence-electron chi connectivity index (χ0n) is 11.3. The summed E-state index contributed by atoms with van der Waals surface area (Å²) in [6.45, 7) is 0. The van der Waals surface area contributed by atoms with Crippen LogP contribution in [0.15, 0.2) is 53.9 Å². The number of aromatic nitrogens is 1. The highest BCUT2D eigenvalue weighted by Gasteiger charge is 2.11. The number of hydrogen-bond acceptors (Lipinski definition) is 2. The zero-order chi connectivity index (χ0) is 15.5. The molecule has 3 aromatic rings. The molecule has 0 fully saturated rings. The molecule has 0 bridgehead atoms. The van der Waals surface area contributed by atoms with Gasteiger partial charge in [-0.1, -0.05) is 53.5 Å². The smallest absolute Gasteiger partial charge is 0.150 e. The van der Waals surface area contributed by atoms with Gasteiger partial charge in [0.1, 0.15) is 16.5 Å². The topological polar surface area (TPSA) is 12.9 Å². The maximum absolute atomic E-state index is 14.3. The predicted molar refractivity (Wildman–Crippen MR) is 93.0 cm³/mol. The van der Waals surface area contributed by atoms with Crippen LogP contribution >= 0.6 is 34.5 Å². The Morgan fingerprint density at radius 1 is 1.09 bits per heavy atom. The maximum Gasteiger partial charge on any atom is 0.150 e. The zero-order valence-corrected chi connectivity index (χ0v) is 13.6. The van der Waals surface area contributed by atoms with E-state index in [2.05, 4.69) is 4.98 Å². The van der Waals surface area contributed by atoms with Gasteiger partial charge in [0.25, 0.3) is 0 Å². The molecule has 3 rings (SSSR count). The molecule has 0 radical (unpaired) electrons. The first kappa shape index (κ1) is 15.2. The van der Waals surface area contributed by atoms with Crippen LogP contribution in [0.5, 0.6) is 0 Å². The van der Waals surface area contributed by atoms with Crippen LogP contribution in [0.2, 0.25) is 10.0 Å². The van der Waals surface area contributed by atoms with Crippen molar-refractivity contribution in [2.75, 3.05) is 0 Å². The molecule has 0 atom stereocenters. The molecule has 0 saturated carbocycles. The minimum atomic E-state index is -0.376. The van der Waals surface area contributed by atoms with Crippen molar-refractivity contribution < 1.29 is 4.39 Å². The molecule has 0 unspecified atom stereocenters. The van der Waals surface area contributed by atoms with Gasteiger partial charge < -0.3 is 0 Å². The monoisotopic (exact) mass is 349 g/mol. The number of nitrogens with zero attached hydrogens (tertiary/aromatic N) is 1. The molecule has 110 valence electrons. The van der Waals surface area contributed by atoms with E-state index in [0.29, 0.717) is 20.7 Å². The summed E-state index contributed by atoms with van der Waals surface area (Å²) in [5, 5.41) is 3.39. The Bertz CT molecular complexity index is 828. The van der Waals surface area contributed by atoms with Gasteiger partial charge in [-0.25, -0.2) is 9.37 Å². The van der Waals surface area contributed by atoms with E-state index in [4.69, 9.17) is 23.2 Å². The van der Waals surface area contributed by atoms with Crippen LogP contribution < -0.4 is 0 Å². The van der Waals surface area contributed by atoms with E-state index in [9.17, 15) is 4.39 Å². The first-order valence-corrected chi connectivity index (χ1v) is 8.10. The quantitative estimate of drug-likeness (QED) is 0.520. The molecule has 22 heavy (non-hydrogen) atoms. The molecular formula is C17H10Cl2FNS. The molecule has 5 heteroatoms. The standard InChI is InChI=1S/C17H10Cl2FNS/c18-12-6-7-13(14(19)9-12)17-21-16(10-22-17)15(20)8-11-4-2-1-3-5-11/h1-10H. The fourth-order valence-corrected chi connectivity index (χ4v) is 3.34. The van der Waals surface area contributed by atoms with E-state index in [0.717, 1.165) is 11.1 Å². The second-order valence-corrected chi connectivity index (χ2v) is 6.27. The van der Waals surface area contributed by atoms with Crippen molar-refractivity contribution in [3.8, 4) is 10.6 Å². The molecule has 0 amide bonds. The summed E-state index contributed by atoms with van der Waals surface area (Å²) in [7, 11) is 0. The summed E-state index contributed by atoms with van der Waals surface area (Å²) in [4.78, 5) is 4.31. The van der Waals surface area contributed by atoms with Gasteiger partial charge in [-0.2, -0.15) is 0 Å². The third kappa shape index (κ3) is 3.38. The Morgan fingerprint density at radius 2 is 1.86 bits per heavy atom. The highest BCUT2D eigenvalue weighted by Crippen LogP contribution is 2.34. The molecule has 1 aromatic heterocycles. The number of rotatable bonds is 3. The minimum Gasteiger partial charge on any atom is -0.234 e. The summed E-state index contributed by atoms with van der Waals surface area (Å²) >= 11 is 13.4. The summed E-state index contributed by atoms with van der Waals surface area (Å²) in [6.07, 6.45) is 1.46. The van der Waals surface area contributed by atoms with E-state index < -0.39 is 0 Å². The van der Waals surface area contributed by atoms with E-state index in [-0.39, 0.29) is 5.83 Å². The van der Waals surface area contributed by atoms with Crippen LogP contribution in [0, 0.1) is 0 Å². The lowest BCUT2D eigenvalue weighted by Crippen LogP contribution is -1.82. The number of halogens is 3. The van der Waals surface area contributed by atoms with Gasteiger partial charge in [-0.05, 0) is 29.8 Å². The Labute approximate surface area is 141 Å². The summed E-state index contributed by atoms with van der Waals surface area (Å²) in [5.74, 6) is -0.376. The molecule has 1 heterocycles. The normalized spacial score (nSPS) is 11.7. The Kier molecular flexibility index (Phi) is 4.57. The van der Waals surface area contributed by atoms with Gasteiger partial charge >= 0.3 is 0 Å². The van der Waals surface area contributed by atoms with Crippen LogP contribution in [0.1, 0.15) is 11.3 Å². The SMILES string of the molecule is FC(=Cc1ccccc1)c1csc(-c2ccc(Cl)cc2Cl)n1. The van der Waals surface area contributed by atoms with Gasteiger partial charge in [-0.15, -0.1) is 11.3 Å². The molecule has 0 aliphatic carbocycles. The van der Waals surface area contributed by atoms with E-state index in [1.807, 2.05) is 30.3 Å². The lowest BCUT2D eigenvalue weighted by molar-refractivity contribution is 0.759. The molecule has 2 aromatic carbocycles. The Balaban J connectivity index is 1.92. The van der Waals surface area contributed by atoms with Crippen molar-refractivity contribution in [3.05, 3.63) is 75.2 Å². The van der Waals surface area contributed by atoms with Crippen molar-refractivity contribution in [1.82, 2.24) is 4.98 Å². The third-order valence-electron chi connectivity index (χ3n) is 3.00. The predicted octanol–water partition coefficient (Wildman–Crippen LogP) is 6.58. The molecule has 1 nitrogen and oxygen atoms in total. The van der Waals surface area contributed by atoms with Crippen molar-refractivity contribution in [1.29, 1.82) is 0 Å². The van der Waals surface area contributed by atoms with Gasteiger partial charge in [0.05, 0.1) is 5.02 Å². The van der Waals surface area contributed by atoms with Crippen LogP contribution in [-0.2, 0) is 0 Å². The van der Waals surface area contributed by atoms with E-state index >= 15 is 0 Å².